The molecule has 1 aliphatic heterocycles. The lowest BCUT2D eigenvalue weighted by molar-refractivity contribution is -0.118. The van der Waals surface area contributed by atoms with Crippen molar-refractivity contribution in [3.63, 3.8) is 0 Å². The lowest BCUT2D eigenvalue weighted by Crippen LogP contribution is -2.35. The van der Waals surface area contributed by atoms with Gasteiger partial charge in [-0.3, -0.25) is 9.79 Å². The summed E-state index contributed by atoms with van der Waals surface area (Å²) in [5, 5.41) is 10.2. The summed E-state index contributed by atoms with van der Waals surface area (Å²) in [6.07, 6.45) is 1.24. The van der Waals surface area contributed by atoms with Gasteiger partial charge in [0.05, 0.1) is 12.0 Å². The molecule has 0 spiro atoms. The number of rotatable bonds is 1. The Morgan fingerprint density at radius 2 is 2.00 bits per heavy atom. The van der Waals surface area contributed by atoms with E-state index in [2.05, 4.69) is 24.9 Å². The predicted molar refractivity (Wildman–Crippen MR) is 91.5 cm³/mol. The van der Waals surface area contributed by atoms with Gasteiger partial charge >= 0.3 is 0 Å². The van der Waals surface area contributed by atoms with Crippen LogP contribution >= 0.6 is 11.6 Å². The van der Waals surface area contributed by atoms with Crippen LogP contribution in [-0.2, 0) is 4.79 Å². The molecule has 0 radical (unpaired) electrons. The number of nitriles is 1. The number of ketones is 1. The van der Waals surface area contributed by atoms with Crippen LogP contribution in [0.5, 0.6) is 0 Å². The number of allylic oxidation sites excluding steroid dienone is 2. The Morgan fingerprint density at radius 3 is 2.65 bits per heavy atom. The molecule has 0 saturated heterocycles. The first-order valence-corrected chi connectivity index (χ1v) is 8.17. The third kappa shape index (κ3) is 2.72. The Kier molecular flexibility index (Phi) is 3.90. The van der Waals surface area contributed by atoms with E-state index in [0.29, 0.717) is 17.0 Å². The smallest absolute Gasteiger partial charge is 0.161 e. The summed E-state index contributed by atoms with van der Waals surface area (Å²) in [6.45, 7) is 6.04. The molecule has 0 aromatic heterocycles. The number of hydrogen-bond donors (Lipinski definition) is 0. The monoisotopic (exact) mass is 326 g/mol. The Hall–Kier alpha value is -1.92. The molecule has 3 nitrogen and oxygen atoms in total. The fraction of sp³-hybridized carbons (Fsp3) is 0.421. The van der Waals surface area contributed by atoms with Crippen molar-refractivity contribution in [2.75, 3.05) is 0 Å². The quantitative estimate of drug-likeness (QED) is 0.752. The van der Waals surface area contributed by atoms with E-state index in [4.69, 9.17) is 11.6 Å². The highest BCUT2D eigenvalue weighted by Gasteiger charge is 2.43. The topological polar surface area (TPSA) is 53.2 Å². The molecule has 1 aliphatic carbocycles. The van der Waals surface area contributed by atoms with Gasteiger partial charge in [-0.1, -0.05) is 43.6 Å². The maximum atomic E-state index is 12.8. The molecular formula is C19H19ClN2O. The van der Waals surface area contributed by atoms with Crippen molar-refractivity contribution in [3.05, 3.63) is 46.1 Å². The molecule has 0 saturated carbocycles. The van der Waals surface area contributed by atoms with Gasteiger partial charge in [0.2, 0.25) is 0 Å². The van der Waals surface area contributed by atoms with Crippen molar-refractivity contribution in [1.82, 2.24) is 0 Å². The van der Waals surface area contributed by atoms with E-state index in [1.807, 2.05) is 31.2 Å². The number of Topliss-reactive ketones (excluding diaryl/α,β-unsaturated/α-hetero) is 1. The molecule has 0 bridgehead atoms. The number of benzene rings is 1. The second kappa shape index (κ2) is 5.62. The van der Waals surface area contributed by atoms with Gasteiger partial charge in [-0.2, -0.15) is 5.26 Å². The average Bonchev–Trinajstić information content (AvgIpc) is 2.45. The first-order chi connectivity index (χ1) is 10.8. The van der Waals surface area contributed by atoms with Crippen LogP contribution in [0, 0.1) is 22.7 Å². The van der Waals surface area contributed by atoms with Crippen molar-refractivity contribution in [1.29, 1.82) is 5.26 Å². The fourth-order valence-electron chi connectivity index (χ4n) is 3.68. The summed E-state index contributed by atoms with van der Waals surface area (Å²) in [5.41, 5.74) is 3.04. The fourth-order valence-corrected chi connectivity index (χ4v) is 3.93. The second-order valence-electron chi connectivity index (χ2n) is 7.16. The van der Waals surface area contributed by atoms with Crippen LogP contribution in [-0.4, -0.2) is 11.5 Å². The van der Waals surface area contributed by atoms with Crippen LogP contribution in [0.4, 0.5) is 0 Å². The molecular weight excluding hydrogens is 308 g/mol. The van der Waals surface area contributed by atoms with Gasteiger partial charge in [-0.05, 0) is 30.4 Å². The molecule has 0 fully saturated rings. The minimum absolute atomic E-state index is 0.0930. The predicted octanol–water partition coefficient (Wildman–Crippen LogP) is 4.68. The van der Waals surface area contributed by atoms with E-state index in [0.717, 1.165) is 23.4 Å². The minimum Gasteiger partial charge on any atom is -0.294 e. The first-order valence-electron chi connectivity index (χ1n) is 7.79. The zero-order chi connectivity index (χ0) is 16.8. The number of aliphatic imine (C=N–C) groups is 1. The molecule has 2 aliphatic rings. The molecule has 23 heavy (non-hydrogen) atoms. The summed E-state index contributed by atoms with van der Waals surface area (Å²) in [5.74, 6) is -0.665. The Bertz CT molecular complexity index is 783. The molecule has 1 heterocycles. The van der Waals surface area contributed by atoms with E-state index in [1.165, 1.54) is 0 Å². The number of nitrogens with zero attached hydrogens (tertiary/aromatic N) is 2. The molecule has 118 valence electrons. The normalized spacial score (nSPS) is 26.4. The third-order valence-corrected chi connectivity index (χ3v) is 5.03. The molecule has 0 N–H and O–H groups in total. The van der Waals surface area contributed by atoms with E-state index in [9.17, 15) is 10.1 Å². The van der Waals surface area contributed by atoms with Crippen LogP contribution < -0.4 is 0 Å². The van der Waals surface area contributed by atoms with Crippen molar-refractivity contribution >= 4 is 23.1 Å². The number of carbonyl (C=O) groups is 1. The summed E-state index contributed by atoms with van der Waals surface area (Å²) in [4.78, 5) is 17.4. The standard InChI is InChI=1S/C19H19ClN2O/c1-11-13(10-21)17(12-6-4-5-7-14(12)20)18-15(22-11)8-19(2,3)9-16(18)23/h4-7,13,17H,8-9H2,1-3H3/t13?,17-/m0/s1. The number of carbonyl (C=O) groups excluding carboxylic acids is 1. The summed E-state index contributed by atoms with van der Waals surface area (Å²) < 4.78 is 0. The summed E-state index contributed by atoms with van der Waals surface area (Å²) in [7, 11) is 0. The number of hydrogen-bond acceptors (Lipinski definition) is 3. The molecule has 0 amide bonds. The Labute approximate surface area is 141 Å². The van der Waals surface area contributed by atoms with E-state index >= 15 is 0 Å². The van der Waals surface area contributed by atoms with Gasteiger partial charge in [0.15, 0.2) is 5.78 Å². The highest BCUT2D eigenvalue weighted by atomic mass is 35.5. The van der Waals surface area contributed by atoms with Crippen LogP contribution in [0.2, 0.25) is 5.02 Å². The lowest BCUT2D eigenvalue weighted by Gasteiger charge is -2.38. The van der Waals surface area contributed by atoms with Crippen molar-refractivity contribution in [3.8, 4) is 6.07 Å². The Balaban J connectivity index is 2.22. The van der Waals surface area contributed by atoms with Gasteiger partial charge in [-0.15, -0.1) is 0 Å². The molecule has 1 aromatic carbocycles. The highest BCUT2D eigenvalue weighted by molar-refractivity contribution is 6.31. The molecule has 1 aromatic rings. The summed E-state index contributed by atoms with van der Waals surface area (Å²) in [6, 6.07) is 9.80. The van der Waals surface area contributed by atoms with Gasteiger partial charge in [0.1, 0.15) is 0 Å². The third-order valence-electron chi connectivity index (χ3n) is 4.68. The molecule has 1 unspecified atom stereocenters. The van der Waals surface area contributed by atoms with E-state index in [-0.39, 0.29) is 17.1 Å². The maximum absolute atomic E-state index is 12.8. The highest BCUT2D eigenvalue weighted by Crippen LogP contribution is 2.48. The SMILES string of the molecule is CC1=NC2=C(C(=O)CC(C)(C)C2)[C@@H](c2ccccc2Cl)C1C#N. The van der Waals surface area contributed by atoms with Gasteiger partial charge in [0.25, 0.3) is 0 Å². The first kappa shape index (κ1) is 16.0. The van der Waals surface area contributed by atoms with Gasteiger partial charge < -0.3 is 0 Å². The molecule has 3 rings (SSSR count). The van der Waals surface area contributed by atoms with Crippen LogP contribution in [0.15, 0.2) is 40.5 Å². The van der Waals surface area contributed by atoms with Crippen LogP contribution in [0.1, 0.15) is 45.1 Å². The van der Waals surface area contributed by atoms with Crippen LogP contribution in [0.25, 0.3) is 0 Å². The maximum Gasteiger partial charge on any atom is 0.161 e. The van der Waals surface area contributed by atoms with E-state index in [1.54, 1.807) is 0 Å². The van der Waals surface area contributed by atoms with Crippen molar-refractivity contribution in [2.45, 2.75) is 39.5 Å². The van der Waals surface area contributed by atoms with E-state index < -0.39 is 5.92 Å². The second-order valence-corrected chi connectivity index (χ2v) is 7.57. The average molecular weight is 327 g/mol. The number of halogens is 1. The minimum atomic E-state index is -0.446. The Morgan fingerprint density at radius 1 is 1.30 bits per heavy atom. The zero-order valence-corrected chi connectivity index (χ0v) is 14.3. The van der Waals surface area contributed by atoms with Gasteiger partial charge in [-0.25, -0.2) is 0 Å². The zero-order valence-electron chi connectivity index (χ0n) is 13.6. The molecule has 2 atom stereocenters. The largest absolute Gasteiger partial charge is 0.294 e. The van der Waals surface area contributed by atoms with Gasteiger partial charge in [0, 0.05) is 34.3 Å². The lowest BCUT2D eigenvalue weighted by atomic mass is 9.67. The van der Waals surface area contributed by atoms with Crippen LogP contribution in [0.3, 0.4) is 0 Å². The van der Waals surface area contributed by atoms with Crippen molar-refractivity contribution < 1.29 is 4.79 Å². The van der Waals surface area contributed by atoms with Crippen molar-refractivity contribution in [2.24, 2.45) is 16.3 Å². The molecule has 4 heteroatoms. The summed E-state index contributed by atoms with van der Waals surface area (Å²) >= 11 is 6.38.